The zero-order valence-corrected chi connectivity index (χ0v) is 11.5. The van der Waals surface area contributed by atoms with Gasteiger partial charge in [-0.1, -0.05) is 27.7 Å². The number of hydrogen-bond acceptors (Lipinski definition) is 3. The van der Waals surface area contributed by atoms with Crippen LogP contribution in [-0.2, 0) is 10.0 Å². The molecule has 16 heavy (non-hydrogen) atoms. The molecule has 0 radical (unpaired) electrons. The van der Waals surface area contributed by atoms with E-state index in [2.05, 4.69) is 32.4 Å². The van der Waals surface area contributed by atoms with Crippen molar-refractivity contribution in [3.63, 3.8) is 0 Å². The first-order chi connectivity index (χ1) is 7.22. The molecule has 1 unspecified atom stereocenters. The van der Waals surface area contributed by atoms with Gasteiger partial charge in [0.05, 0.1) is 6.07 Å². The fourth-order valence-corrected chi connectivity index (χ4v) is 2.46. The molecular formula is C11H22N2O2S. The van der Waals surface area contributed by atoms with E-state index in [-0.39, 0.29) is 0 Å². The summed E-state index contributed by atoms with van der Waals surface area (Å²) in [5.74, 6) is 1.13. The molecule has 1 N–H and O–H groups in total. The number of rotatable bonds is 6. The van der Waals surface area contributed by atoms with Crippen molar-refractivity contribution in [1.82, 2.24) is 4.72 Å². The van der Waals surface area contributed by atoms with E-state index >= 15 is 0 Å². The maximum atomic E-state index is 11.6. The second-order valence-corrected chi connectivity index (χ2v) is 6.90. The van der Waals surface area contributed by atoms with E-state index in [1.165, 1.54) is 6.92 Å². The number of nitrogens with one attached hydrogen (secondary N) is 1. The molecule has 0 aliphatic heterocycles. The summed E-state index contributed by atoms with van der Waals surface area (Å²) in [6.07, 6.45) is 0. The number of hydrogen-bond donors (Lipinski definition) is 1. The van der Waals surface area contributed by atoms with Crippen LogP contribution in [0.1, 0.15) is 34.6 Å². The van der Waals surface area contributed by atoms with Crippen LogP contribution in [0, 0.1) is 29.1 Å². The van der Waals surface area contributed by atoms with Crippen molar-refractivity contribution < 1.29 is 8.42 Å². The fourth-order valence-electron chi connectivity index (χ4n) is 1.65. The molecule has 0 aromatic carbocycles. The lowest BCUT2D eigenvalue weighted by atomic mass is 9.86. The Labute approximate surface area is 99.1 Å². The molecule has 0 fully saturated rings. The number of sulfonamides is 1. The summed E-state index contributed by atoms with van der Waals surface area (Å²) < 4.78 is 25.7. The van der Waals surface area contributed by atoms with Crippen molar-refractivity contribution in [2.75, 3.05) is 6.54 Å². The summed E-state index contributed by atoms with van der Waals surface area (Å²) in [6, 6.07) is 1.74. The van der Waals surface area contributed by atoms with E-state index in [0.717, 1.165) is 0 Å². The van der Waals surface area contributed by atoms with Crippen molar-refractivity contribution in [2.45, 2.75) is 39.9 Å². The van der Waals surface area contributed by atoms with Gasteiger partial charge in [0.1, 0.15) is 0 Å². The van der Waals surface area contributed by atoms with Gasteiger partial charge in [-0.25, -0.2) is 13.1 Å². The van der Waals surface area contributed by atoms with Crippen LogP contribution in [0.5, 0.6) is 0 Å². The molecule has 0 aliphatic rings. The molecule has 0 amide bonds. The van der Waals surface area contributed by atoms with E-state index < -0.39 is 15.3 Å². The molecule has 4 nitrogen and oxygen atoms in total. The molecule has 0 bridgehead atoms. The quantitative estimate of drug-likeness (QED) is 0.776. The van der Waals surface area contributed by atoms with E-state index in [1.807, 2.05) is 0 Å². The van der Waals surface area contributed by atoms with Crippen molar-refractivity contribution in [3.05, 3.63) is 0 Å². The zero-order chi connectivity index (χ0) is 12.9. The number of nitriles is 1. The largest absolute Gasteiger partial charge is 0.227 e. The highest BCUT2D eigenvalue weighted by molar-refractivity contribution is 7.90. The summed E-state index contributed by atoms with van der Waals surface area (Å²) in [5, 5.41) is 7.59. The predicted molar refractivity (Wildman–Crippen MR) is 65.2 cm³/mol. The van der Waals surface area contributed by atoms with Crippen molar-refractivity contribution in [2.24, 2.45) is 17.8 Å². The third-order valence-corrected chi connectivity index (χ3v) is 4.49. The molecule has 0 saturated heterocycles. The Hall–Kier alpha value is -0.600. The van der Waals surface area contributed by atoms with Crippen molar-refractivity contribution in [1.29, 1.82) is 5.26 Å². The molecule has 0 heterocycles. The predicted octanol–water partition coefficient (Wildman–Crippen LogP) is 1.75. The van der Waals surface area contributed by atoms with Gasteiger partial charge < -0.3 is 0 Å². The van der Waals surface area contributed by atoms with Gasteiger partial charge in [0, 0.05) is 6.54 Å². The van der Waals surface area contributed by atoms with Crippen molar-refractivity contribution in [3.8, 4) is 6.07 Å². The Morgan fingerprint density at radius 3 is 1.88 bits per heavy atom. The standard InChI is InChI=1S/C11H22N2O2S/c1-8(2)11(9(3)4)7-13-16(14,15)10(5)6-12/h8-11,13H,7H2,1-5H3. The van der Waals surface area contributed by atoms with Crippen LogP contribution in [0.4, 0.5) is 0 Å². The van der Waals surface area contributed by atoms with Crippen molar-refractivity contribution >= 4 is 10.0 Å². The van der Waals surface area contributed by atoms with E-state index in [1.54, 1.807) is 6.07 Å². The molecule has 94 valence electrons. The van der Waals surface area contributed by atoms with Crippen LogP contribution in [0.15, 0.2) is 0 Å². The third kappa shape index (κ3) is 4.50. The molecule has 0 rings (SSSR count). The van der Waals surface area contributed by atoms with Gasteiger partial charge in [0.2, 0.25) is 10.0 Å². The Bertz CT molecular complexity index is 333. The highest BCUT2D eigenvalue weighted by Gasteiger charge is 2.24. The van der Waals surface area contributed by atoms with Crippen LogP contribution < -0.4 is 4.72 Å². The Morgan fingerprint density at radius 2 is 1.56 bits per heavy atom. The lowest BCUT2D eigenvalue weighted by Crippen LogP contribution is -2.38. The second-order valence-electron chi connectivity index (χ2n) is 4.82. The van der Waals surface area contributed by atoms with Gasteiger partial charge in [-0.2, -0.15) is 5.26 Å². The van der Waals surface area contributed by atoms with Gasteiger partial charge in [0.15, 0.2) is 5.25 Å². The summed E-state index contributed by atoms with van der Waals surface area (Å²) >= 11 is 0. The normalized spacial score (nSPS) is 14.4. The minimum Gasteiger partial charge on any atom is -0.214 e. The summed E-state index contributed by atoms with van der Waals surface area (Å²) in [5.41, 5.74) is 0. The smallest absolute Gasteiger partial charge is 0.214 e. The van der Waals surface area contributed by atoms with Crippen LogP contribution in [0.2, 0.25) is 0 Å². The monoisotopic (exact) mass is 246 g/mol. The van der Waals surface area contributed by atoms with Crippen LogP contribution in [0.3, 0.4) is 0 Å². The minimum atomic E-state index is -3.48. The summed E-state index contributed by atoms with van der Waals surface area (Å²) in [4.78, 5) is 0. The molecule has 0 spiro atoms. The zero-order valence-electron chi connectivity index (χ0n) is 10.7. The Kier molecular flexibility index (Phi) is 5.98. The Morgan fingerprint density at radius 1 is 1.12 bits per heavy atom. The molecule has 0 saturated carbocycles. The van der Waals surface area contributed by atoms with E-state index in [9.17, 15) is 8.42 Å². The number of nitrogens with zero attached hydrogens (tertiary/aromatic N) is 1. The topological polar surface area (TPSA) is 70.0 Å². The van der Waals surface area contributed by atoms with Gasteiger partial charge in [-0.15, -0.1) is 0 Å². The minimum absolute atomic E-state index is 0.292. The van der Waals surface area contributed by atoms with Gasteiger partial charge in [-0.05, 0) is 24.7 Å². The van der Waals surface area contributed by atoms with E-state index in [4.69, 9.17) is 5.26 Å². The average molecular weight is 246 g/mol. The maximum Gasteiger partial charge on any atom is 0.227 e. The highest BCUT2D eigenvalue weighted by atomic mass is 32.2. The molecular weight excluding hydrogens is 224 g/mol. The van der Waals surface area contributed by atoms with Gasteiger partial charge in [0.25, 0.3) is 0 Å². The second kappa shape index (κ2) is 6.21. The molecule has 1 atom stereocenters. The van der Waals surface area contributed by atoms with Crippen LogP contribution in [0.25, 0.3) is 0 Å². The first-order valence-electron chi connectivity index (χ1n) is 5.60. The Balaban J connectivity index is 4.50. The summed E-state index contributed by atoms with van der Waals surface area (Å²) in [7, 11) is -3.48. The third-order valence-electron chi connectivity index (χ3n) is 2.88. The maximum absolute atomic E-state index is 11.6. The highest BCUT2D eigenvalue weighted by Crippen LogP contribution is 2.19. The summed E-state index contributed by atoms with van der Waals surface area (Å²) in [6.45, 7) is 10.1. The lowest BCUT2D eigenvalue weighted by molar-refractivity contribution is 0.289. The molecule has 0 aromatic heterocycles. The fraction of sp³-hybridized carbons (Fsp3) is 0.909. The first-order valence-corrected chi connectivity index (χ1v) is 7.15. The van der Waals surface area contributed by atoms with Crippen LogP contribution in [-0.4, -0.2) is 20.2 Å². The average Bonchev–Trinajstić information content (AvgIpc) is 2.15. The van der Waals surface area contributed by atoms with Gasteiger partial charge >= 0.3 is 0 Å². The SMILES string of the molecule is CC(C)C(CNS(=O)(=O)C(C)C#N)C(C)C. The molecule has 5 heteroatoms. The lowest BCUT2D eigenvalue weighted by Gasteiger charge is -2.25. The first kappa shape index (κ1) is 15.4. The molecule has 0 aliphatic carbocycles. The van der Waals surface area contributed by atoms with E-state index in [0.29, 0.717) is 24.3 Å². The molecule has 0 aromatic rings. The van der Waals surface area contributed by atoms with Gasteiger partial charge in [-0.3, -0.25) is 0 Å². The van der Waals surface area contributed by atoms with Crippen LogP contribution >= 0.6 is 0 Å².